The Morgan fingerprint density at radius 1 is 1.05 bits per heavy atom. The van der Waals surface area contributed by atoms with Crippen LogP contribution in [-0.4, -0.2) is 40.3 Å². The number of Topliss-reactive ketones (excluding diaryl/α,β-unsaturated/α-hetero) is 1. The highest BCUT2D eigenvalue weighted by molar-refractivity contribution is 6.46. The van der Waals surface area contributed by atoms with Crippen LogP contribution in [0.1, 0.15) is 35.2 Å². The maximum absolute atomic E-state index is 13.3. The van der Waals surface area contributed by atoms with Crippen molar-refractivity contribution in [1.29, 1.82) is 0 Å². The van der Waals surface area contributed by atoms with E-state index in [4.69, 9.17) is 16.3 Å². The van der Waals surface area contributed by atoms with Crippen LogP contribution in [0.25, 0.3) is 16.7 Å². The standard InChI is InChI=1S/C30H27ClN2O4/c1-3-18-4-6-19(7-5-18)27-26(28(34)20-8-10-22(31)11-9-20)29(35)30(36)33(27)15-14-21-17-32-25-13-12-23(37-2)16-24(21)25/h4-13,16-17,27,32,34H,3,14-15H2,1-2H3/b28-26-. The van der Waals surface area contributed by atoms with Crippen molar-refractivity contribution in [3.8, 4) is 5.75 Å². The van der Waals surface area contributed by atoms with E-state index in [0.717, 1.165) is 39.8 Å². The highest BCUT2D eigenvalue weighted by atomic mass is 35.5. The Kier molecular flexibility index (Phi) is 6.76. The summed E-state index contributed by atoms with van der Waals surface area (Å²) in [6, 6.07) is 19.5. The van der Waals surface area contributed by atoms with E-state index in [1.54, 1.807) is 36.3 Å². The van der Waals surface area contributed by atoms with E-state index in [1.807, 2.05) is 48.7 Å². The van der Waals surface area contributed by atoms with Gasteiger partial charge in [-0.3, -0.25) is 9.59 Å². The molecule has 0 bridgehead atoms. The third-order valence-electron chi connectivity index (χ3n) is 6.96. The Labute approximate surface area is 220 Å². The fourth-order valence-electron chi connectivity index (χ4n) is 4.89. The van der Waals surface area contributed by atoms with Crippen LogP contribution in [0.5, 0.6) is 5.75 Å². The number of aliphatic hydroxyl groups excluding tert-OH is 1. The zero-order valence-corrected chi connectivity index (χ0v) is 21.4. The Balaban J connectivity index is 1.55. The largest absolute Gasteiger partial charge is 0.507 e. The number of likely N-dealkylation sites (tertiary alicyclic amines) is 1. The van der Waals surface area contributed by atoms with Gasteiger partial charge in [0.2, 0.25) is 0 Å². The van der Waals surface area contributed by atoms with Gasteiger partial charge in [-0.05, 0) is 72.0 Å². The highest BCUT2D eigenvalue weighted by Crippen LogP contribution is 2.40. The van der Waals surface area contributed by atoms with Gasteiger partial charge in [0.1, 0.15) is 11.5 Å². The number of halogens is 1. The number of amides is 1. The minimum Gasteiger partial charge on any atom is -0.507 e. The zero-order valence-electron chi connectivity index (χ0n) is 20.6. The number of aromatic nitrogens is 1. The summed E-state index contributed by atoms with van der Waals surface area (Å²) in [6.07, 6.45) is 3.31. The molecule has 1 aliphatic rings. The van der Waals surface area contributed by atoms with Crippen molar-refractivity contribution in [2.75, 3.05) is 13.7 Å². The topological polar surface area (TPSA) is 82.6 Å². The number of carbonyl (C=O) groups excluding carboxylic acids is 2. The Bertz CT molecular complexity index is 1500. The number of H-pyrrole nitrogens is 1. The van der Waals surface area contributed by atoms with Crippen LogP contribution in [0.2, 0.25) is 5.02 Å². The van der Waals surface area contributed by atoms with Crippen LogP contribution in [0.3, 0.4) is 0 Å². The number of nitrogens with one attached hydrogen (secondary N) is 1. The van der Waals surface area contributed by atoms with E-state index in [9.17, 15) is 14.7 Å². The quantitative estimate of drug-likeness (QED) is 0.178. The molecule has 2 N–H and O–H groups in total. The molecule has 1 aliphatic heterocycles. The van der Waals surface area contributed by atoms with E-state index >= 15 is 0 Å². The van der Waals surface area contributed by atoms with Crippen molar-refractivity contribution in [2.45, 2.75) is 25.8 Å². The molecular formula is C30H27ClN2O4. The predicted molar refractivity (Wildman–Crippen MR) is 145 cm³/mol. The van der Waals surface area contributed by atoms with Gasteiger partial charge in [-0.15, -0.1) is 0 Å². The van der Waals surface area contributed by atoms with E-state index in [2.05, 4.69) is 11.9 Å². The smallest absolute Gasteiger partial charge is 0.295 e. The predicted octanol–water partition coefficient (Wildman–Crippen LogP) is 6.06. The average molecular weight is 515 g/mol. The van der Waals surface area contributed by atoms with E-state index in [-0.39, 0.29) is 11.3 Å². The molecule has 0 aliphatic carbocycles. The second-order valence-corrected chi connectivity index (χ2v) is 9.51. The van der Waals surface area contributed by atoms with Crippen LogP contribution in [-0.2, 0) is 22.4 Å². The van der Waals surface area contributed by atoms with Gasteiger partial charge in [0.15, 0.2) is 0 Å². The lowest BCUT2D eigenvalue weighted by Crippen LogP contribution is -2.31. The van der Waals surface area contributed by atoms with Gasteiger partial charge in [0.25, 0.3) is 11.7 Å². The molecule has 1 fully saturated rings. The monoisotopic (exact) mass is 514 g/mol. The number of hydrogen-bond donors (Lipinski definition) is 2. The molecule has 0 radical (unpaired) electrons. The number of ketones is 1. The molecule has 188 valence electrons. The molecule has 7 heteroatoms. The van der Waals surface area contributed by atoms with Crippen LogP contribution in [0, 0.1) is 0 Å². The van der Waals surface area contributed by atoms with Crippen molar-refractivity contribution in [1.82, 2.24) is 9.88 Å². The third kappa shape index (κ3) is 4.60. The minimum absolute atomic E-state index is 0.0807. The Morgan fingerprint density at radius 2 is 1.78 bits per heavy atom. The number of hydrogen-bond acceptors (Lipinski definition) is 4. The first-order valence-corrected chi connectivity index (χ1v) is 12.6. The number of methoxy groups -OCH3 is 1. The summed E-state index contributed by atoms with van der Waals surface area (Å²) in [5, 5.41) is 12.7. The molecule has 4 aromatic rings. The molecule has 37 heavy (non-hydrogen) atoms. The molecule has 1 atom stereocenters. The van der Waals surface area contributed by atoms with Crippen molar-refractivity contribution in [3.05, 3.63) is 106 Å². The number of aryl methyl sites for hydroxylation is 1. The van der Waals surface area contributed by atoms with Crippen molar-refractivity contribution >= 4 is 40.0 Å². The molecular weight excluding hydrogens is 488 g/mol. The Hall–Kier alpha value is -4.03. The number of carbonyl (C=O) groups is 2. The van der Waals surface area contributed by atoms with Crippen molar-refractivity contribution in [2.24, 2.45) is 0 Å². The molecule has 1 saturated heterocycles. The van der Waals surface area contributed by atoms with Gasteiger partial charge in [-0.1, -0.05) is 42.8 Å². The number of aromatic amines is 1. The van der Waals surface area contributed by atoms with Gasteiger partial charge < -0.3 is 19.7 Å². The number of benzene rings is 3. The van der Waals surface area contributed by atoms with Crippen LogP contribution in [0.4, 0.5) is 0 Å². The first-order chi connectivity index (χ1) is 17.9. The summed E-state index contributed by atoms with van der Waals surface area (Å²) in [6.45, 7) is 2.37. The molecule has 1 aromatic heterocycles. The summed E-state index contributed by atoms with van der Waals surface area (Å²) in [5.74, 6) is -0.790. The molecule has 5 rings (SSSR count). The number of ether oxygens (including phenoxy) is 1. The van der Waals surface area contributed by atoms with E-state index in [1.165, 1.54) is 0 Å². The highest BCUT2D eigenvalue weighted by Gasteiger charge is 2.45. The lowest BCUT2D eigenvalue weighted by Gasteiger charge is -2.25. The van der Waals surface area contributed by atoms with Gasteiger partial charge >= 0.3 is 0 Å². The van der Waals surface area contributed by atoms with Gasteiger partial charge in [-0.25, -0.2) is 0 Å². The average Bonchev–Trinajstić information content (AvgIpc) is 3.44. The van der Waals surface area contributed by atoms with Gasteiger partial charge in [-0.2, -0.15) is 0 Å². The number of aliphatic hydroxyl groups is 1. The fourth-order valence-corrected chi connectivity index (χ4v) is 5.01. The first-order valence-electron chi connectivity index (χ1n) is 12.2. The summed E-state index contributed by atoms with van der Waals surface area (Å²) in [4.78, 5) is 31.4. The number of rotatable bonds is 7. The molecule has 3 aromatic carbocycles. The SMILES string of the molecule is CCc1ccc(C2/C(=C(/O)c3ccc(Cl)cc3)C(=O)C(=O)N2CCc2c[nH]c3ccc(OC)cc23)cc1. The minimum atomic E-state index is -0.707. The van der Waals surface area contributed by atoms with Gasteiger partial charge in [0.05, 0.1) is 18.7 Å². The molecule has 0 saturated carbocycles. The zero-order chi connectivity index (χ0) is 26.1. The van der Waals surface area contributed by atoms with Crippen molar-refractivity contribution in [3.63, 3.8) is 0 Å². The summed E-state index contributed by atoms with van der Waals surface area (Å²) in [7, 11) is 1.62. The molecule has 6 nitrogen and oxygen atoms in total. The molecule has 1 unspecified atom stereocenters. The van der Waals surface area contributed by atoms with Crippen LogP contribution in [0.15, 0.2) is 78.5 Å². The van der Waals surface area contributed by atoms with E-state index < -0.39 is 17.7 Å². The lowest BCUT2D eigenvalue weighted by molar-refractivity contribution is -0.139. The molecule has 2 heterocycles. The summed E-state index contributed by atoms with van der Waals surface area (Å²) >= 11 is 6.02. The summed E-state index contributed by atoms with van der Waals surface area (Å²) in [5.41, 5.74) is 4.40. The maximum Gasteiger partial charge on any atom is 0.295 e. The van der Waals surface area contributed by atoms with Gasteiger partial charge in [0, 0.05) is 34.2 Å². The number of fused-ring (bicyclic) bond motifs is 1. The second kappa shape index (κ2) is 10.1. The summed E-state index contributed by atoms with van der Waals surface area (Å²) < 4.78 is 5.37. The number of nitrogens with zero attached hydrogens (tertiary/aromatic N) is 1. The lowest BCUT2D eigenvalue weighted by atomic mass is 9.94. The fraction of sp³-hybridized carbons (Fsp3) is 0.200. The Morgan fingerprint density at radius 3 is 2.46 bits per heavy atom. The van der Waals surface area contributed by atoms with E-state index in [0.29, 0.717) is 23.6 Å². The third-order valence-corrected chi connectivity index (χ3v) is 7.21. The normalized spacial score (nSPS) is 17.1. The van der Waals surface area contributed by atoms with Crippen molar-refractivity contribution < 1.29 is 19.4 Å². The molecule has 1 amide bonds. The first kappa shape index (κ1) is 24.7. The van der Waals surface area contributed by atoms with Crippen LogP contribution >= 0.6 is 11.6 Å². The maximum atomic E-state index is 13.3. The second-order valence-electron chi connectivity index (χ2n) is 9.07. The molecule has 0 spiro atoms. The van der Waals surface area contributed by atoms with Crippen LogP contribution < -0.4 is 4.74 Å².